The van der Waals surface area contributed by atoms with Gasteiger partial charge in [-0.2, -0.15) is 0 Å². The first-order chi connectivity index (χ1) is 7.83. The van der Waals surface area contributed by atoms with E-state index in [1.165, 1.54) is 0 Å². The van der Waals surface area contributed by atoms with Gasteiger partial charge in [-0.1, -0.05) is 6.58 Å². The number of fused-ring (bicyclic) bond motifs is 1. The van der Waals surface area contributed by atoms with E-state index in [2.05, 4.69) is 6.58 Å². The maximum Gasteiger partial charge on any atom is 0.339 e. The minimum atomic E-state index is -0.892. The zero-order valence-corrected chi connectivity index (χ0v) is 10.6. The van der Waals surface area contributed by atoms with Crippen LogP contribution in [-0.2, 0) is 23.7 Å². The Morgan fingerprint density at radius 1 is 1.35 bits per heavy atom. The number of cyclic esters (lactones) is 1. The molecule has 2 rings (SSSR count). The number of hydrogen-bond donors (Lipinski definition) is 0. The quantitative estimate of drug-likeness (QED) is 0.534. The van der Waals surface area contributed by atoms with Crippen LogP contribution in [0, 0.1) is 0 Å². The topological polar surface area (TPSA) is 54.0 Å². The zero-order valence-electron chi connectivity index (χ0n) is 10.6. The molecule has 5 nitrogen and oxygen atoms in total. The van der Waals surface area contributed by atoms with Crippen molar-refractivity contribution in [2.75, 3.05) is 7.11 Å². The second-order valence-corrected chi connectivity index (χ2v) is 4.99. The molecule has 0 spiro atoms. The van der Waals surface area contributed by atoms with Gasteiger partial charge < -0.3 is 18.9 Å². The van der Waals surface area contributed by atoms with Gasteiger partial charge in [-0.15, -0.1) is 0 Å². The van der Waals surface area contributed by atoms with Crippen molar-refractivity contribution in [1.82, 2.24) is 0 Å². The van der Waals surface area contributed by atoms with E-state index in [1.807, 2.05) is 0 Å². The van der Waals surface area contributed by atoms with Crippen LogP contribution in [0.2, 0.25) is 0 Å². The van der Waals surface area contributed by atoms with Gasteiger partial charge in [-0.25, -0.2) is 4.79 Å². The van der Waals surface area contributed by atoms with Crippen molar-refractivity contribution in [3.63, 3.8) is 0 Å². The molecule has 0 saturated carbocycles. The van der Waals surface area contributed by atoms with Crippen molar-refractivity contribution in [1.29, 1.82) is 0 Å². The lowest BCUT2D eigenvalue weighted by atomic mass is 9.88. The van der Waals surface area contributed by atoms with Gasteiger partial charge in [0.05, 0.1) is 0 Å². The van der Waals surface area contributed by atoms with Crippen molar-refractivity contribution < 1.29 is 23.7 Å². The van der Waals surface area contributed by atoms with Gasteiger partial charge >= 0.3 is 5.97 Å². The summed E-state index contributed by atoms with van der Waals surface area (Å²) in [6.07, 6.45) is -0.0732. The summed E-state index contributed by atoms with van der Waals surface area (Å²) in [4.78, 5) is 11.9. The van der Waals surface area contributed by atoms with Crippen LogP contribution in [0.15, 0.2) is 12.7 Å². The number of carbonyl (C=O) groups is 1. The van der Waals surface area contributed by atoms with Crippen LogP contribution < -0.4 is 0 Å². The first-order valence-corrected chi connectivity index (χ1v) is 5.58. The highest BCUT2D eigenvalue weighted by molar-refractivity contribution is 5.78. The average molecular weight is 242 g/mol. The second kappa shape index (κ2) is 3.80. The van der Waals surface area contributed by atoms with Crippen LogP contribution >= 0.6 is 0 Å². The predicted molar refractivity (Wildman–Crippen MR) is 59.3 cm³/mol. The molecular weight excluding hydrogens is 224 g/mol. The molecule has 0 aromatic heterocycles. The number of hydrogen-bond acceptors (Lipinski definition) is 5. The summed E-state index contributed by atoms with van der Waals surface area (Å²) in [5.74, 6) is -1.24. The average Bonchev–Trinajstić information content (AvgIpc) is 2.55. The molecule has 0 radical (unpaired) electrons. The number of esters is 1. The van der Waals surface area contributed by atoms with Crippen LogP contribution in [0.25, 0.3) is 0 Å². The van der Waals surface area contributed by atoms with E-state index in [0.29, 0.717) is 0 Å². The summed E-state index contributed by atoms with van der Waals surface area (Å²) in [5.41, 5.74) is -0.892. The summed E-state index contributed by atoms with van der Waals surface area (Å²) in [6.45, 7) is 8.95. The van der Waals surface area contributed by atoms with Gasteiger partial charge in [0.25, 0.3) is 0 Å². The van der Waals surface area contributed by atoms with E-state index in [1.54, 1.807) is 34.0 Å². The van der Waals surface area contributed by atoms with Crippen LogP contribution in [-0.4, -0.2) is 42.8 Å². The zero-order chi connectivity index (χ0) is 12.8. The Kier molecular flexibility index (Phi) is 2.80. The van der Waals surface area contributed by atoms with Crippen LogP contribution in [0.3, 0.4) is 0 Å². The molecule has 2 heterocycles. The molecule has 0 N–H and O–H groups in total. The molecule has 2 saturated heterocycles. The highest BCUT2D eigenvalue weighted by atomic mass is 16.8. The predicted octanol–water partition coefficient (Wildman–Crippen LogP) is 1.02. The van der Waals surface area contributed by atoms with Gasteiger partial charge in [0.2, 0.25) is 0 Å². The molecule has 2 fully saturated rings. The SMILES string of the molecule is C=CC1(C)OC(=O)C2OC(C)(C)OC2C1OC. The Balaban J connectivity index is 2.34. The van der Waals surface area contributed by atoms with Crippen molar-refractivity contribution in [2.24, 2.45) is 0 Å². The standard InChI is InChI=1S/C12H18O5/c1-6-12(4)9(14-5)7-8(10(13)17-12)16-11(2,3)15-7/h6-9H,1H2,2-5H3. The lowest BCUT2D eigenvalue weighted by molar-refractivity contribution is -0.203. The summed E-state index contributed by atoms with van der Waals surface area (Å²) >= 11 is 0. The van der Waals surface area contributed by atoms with Crippen molar-refractivity contribution in [3.8, 4) is 0 Å². The minimum absolute atomic E-state index is 0.426. The lowest BCUT2D eigenvalue weighted by Gasteiger charge is -2.41. The highest BCUT2D eigenvalue weighted by Crippen LogP contribution is 2.40. The minimum Gasteiger partial charge on any atom is -0.450 e. The summed E-state index contributed by atoms with van der Waals surface area (Å²) in [7, 11) is 1.55. The van der Waals surface area contributed by atoms with E-state index in [0.717, 1.165) is 0 Å². The largest absolute Gasteiger partial charge is 0.450 e. The third-order valence-corrected chi connectivity index (χ3v) is 3.20. The van der Waals surface area contributed by atoms with Crippen LogP contribution in [0.1, 0.15) is 20.8 Å². The third kappa shape index (κ3) is 1.88. The molecule has 0 amide bonds. The second-order valence-electron chi connectivity index (χ2n) is 4.99. The van der Waals surface area contributed by atoms with E-state index < -0.39 is 35.7 Å². The maximum atomic E-state index is 11.9. The number of rotatable bonds is 2. The summed E-state index contributed by atoms with van der Waals surface area (Å²) in [5, 5.41) is 0. The molecule has 2 aliphatic heterocycles. The summed E-state index contributed by atoms with van der Waals surface area (Å²) < 4.78 is 22.0. The van der Waals surface area contributed by atoms with Gasteiger partial charge in [0, 0.05) is 7.11 Å². The van der Waals surface area contributed by atoms with Crippen molar-refractivity contribution >= 4 is 5.97 Å². The number of carbonyl (C=O) groups excluding carboxylic acids is 1. The van der Waals surface area contributed by atoms with Crippen LogP contribution in [0.4, 0.5) is 0 Å². The smallest absolute Gasteiger partial charge is 0.339 e. The van der Waals surface area contributed by atoms with E-state index in [4.69, 9.17) is 18.9 Å². The Labute approximate surface area is 101 Å². The van der Waals surface area contributed by atoms with Crippen LogP contribution in [0.5, 0.6) is 0 Å². The molecular formula is C12H18O5. The summed E-state index contributed by atoms with van der Waals surface area (Å²) in [6, 6.07) is 0. The Morgan fingerprint density at radius 3 is 2.53 bits per heavy atom. The molecule has 17 heavy (non-hydrogen) atoms. The normalized spacial score (nSPS) is 44.0. The fourth-order valence-electron chi connectivity index (χ4n) is 2.38. The maximum absolute atomic E-state index is 11.9. The monoisotopic (exact) mass is 242 g/mol. The number of ether oxygens (including phenoxy) is 4. The van der Waals surface area contributed by atoms with Gasteiger partial charge in [0.15, 0.2) is 17.5 Å². The number of methoxy groups -OCH3 is 1. The van der Waals surface area contributed by atoms with Crippen molar-refractivity contribution in [2.45, 2.75) is 50.5 Å². The lowest BCUT2D eigenvalue weighted by Crippen LogP contribution is -2.60. The van der Waals surface area contributed by atoms with Gasteiger partial charge in [0.1, 0.15) is 12.2 Å². The molecule has 4 unspecified atom stereocenters. The molecule has 0 aromatic rings. The molecule has 5 heteroatoms. The molecule has 2 aliphatic rings. The van der Waals surface area contributed by atoms with E-state index >= 15 is 0 Å². The molecule has 0 bridgehead atoms. The van der Waals surface area contributed by atoms with Gasteiger partial charge in [-0.05, 0) is 26.8 Å². The third-order valence-electron chi connectivity index (χ3n) is 3.20. The van der Waals surface area contributed by atoms with E-state index in [-0.39, 0.29) is 0 Å². The van der Waals surface area contributed by atoms with Crippen molar-refractivity contribution in [3.05, 3.63) is 12.7 Å². The highest BCUT2D eigenvalue weighted by Gasteiger charge is 2.59. The fourth-order valence-corrected chi connectivity index (χ4v) is 2.38. The Bertz CT molecular complexity index is 351. The van der Waals surface area contributed by atoms with E-state index in [9.17, 15) is 4.79 Å². The Hall–Kier alpha value is -0.910. The molecule has 96 valence electrons. The Morgan fingerprint density at radius 2 is 2.00 bits per heavy atom. The fraction of sp³-hybridized carbons (Fsp3) is 0.750. The molecule has 4 atom stereocenters. The molecule has 0 aromatic carbocycles. The molecule has 0 aliphatic carbocycles. The first kappa shape index (κ1) is 12.5. The first-order valence-electron chi connectivity index (χ1n) is 5.58. The van der Waals surface area contributed by atoms with Gasteiger partial charge in [-0.3, -0.25) is 0 Å².